The van der Waals surface area contributed by atoms with Gasteiger partial charge in [-0.05, 0) is 28.1 Å². The average Bonchev–Trinajstić information content (AvgIpc) is 2.88. The van der Waals surface area contributed by atoms with Crippen LogP contribution in [0, 0.1) is 11.6 Å². The standard InChI is InChI=1S/C13H12BrF2N3O/c14-9-1-2-10(15)8(13(9)16)5-12(20)11-6-19(4-3-17)7-18-11/h1-2,6-7H,3-5,17H2. The third-order valence-corrected chi connectivity index (χ3v) is 3.39. The molecule has 0 atom stereocenters. The summed E-state index contributed by atoms with van der Waals surface area (Å²) in [5.41, 5.74) is 5.29. The van der Waals surface area contributed by atoms with E-state index in [0.717, 1.165) is 6.07 Å². The summed E-state index contributed by atoms with van der Waals surface area (Å²) in [6, 6.07) is 2.37. The molecule has 2 rings (SSSR count). The zero-order valence-electron chi connectivity index (χ0n) is 10.4. The number of benzene rings is 1. The van der Waals surface area contributed by atoms with Gasteiger partial charge in [0.05, 0.1) is 10.8 Å². The molecule has 0 radical (unpaired) electrons. The Morgan fingerprint density at radius 3 is 2.85 bits per heavy atom. The molecular weight excluding hydrogens is 332 g/mol. The first-order valence-electron chi connectivity index (χ1n) is 5.90. The van der Waals surface area contributed by atoms with E-state index in [1.807, 2.05) is 0 Å². The topological polar surface area (TPSA) is 60.9 Å². The van der Waals surface area contributed by atoms with Crippen molar-refractivity contribution in [1.82, 2.24) is 9.55 Å². The van der Waals surface area contributed by atoms with Crippen LogP contribution in [-0.2, 0) is 13.0 Å². The maximum absolute atomic E-state index is 13.8. The Kier molecular flexibility index (Phi) is 4.61. The molecule has 2 N–H and O–H groups in total. The Balaban J connectivity index is 2.21. The average molecular weight is 344 g/mol. The van der Waals surface area contributed by atoms with E-state index in [-0.39, 0.29) is 22.2 Å². The van der Waals surface area contributed by atoms with Crippen LogP contribution < -0.4 is 5.73 Å². The van der Waals surface area contributed by atoms with Gasteiger partial charge in [0.2, 0.25) is 0 Å². The number of nitrogens with two attached hydrogens (primary N) is 1. The van der Waals surface area contributed by atoms with Crippen LogP contribution in [0.3, 0.4) is 0 Å². The van der Waals surface area contributed by atoms with E-state index in [0.29, 0.717) is 13.1 Å². The van der Waals surface area contributed by atoms with Gasteiger partial charge in [-0.15, -0.1) is 0 Å². The molecule has 0 aliphatic carbocycles. The lowest BCUT2D eigenvalue weighted by atomic mass is 10.1. The van der Waals surface area contributed by atoms with E-state index >= 15 is 0 Å². The second-order valence-electron chi connectivity index (χ2n) is 4.21. The van der Waals surface area contributed by atoms with Crippen LogP contribution in [-0.4, -0.2) is 21.9 Å². The lowest BCUT2D eigenvalue weighted by molar-refractivity contribution is 0.0986. The molecule has 106 valence electrons. The molecule has 0 saturated heterocycles. The summed E-state index contributed by atoms with van der Waals surface area (Å²) >= 11 is 2.96. The Bertz CT molecular complexity index is 643. The number of ketones is 1. The lowest BCUT2D eigenvalue weighted by Crippen LogP contribution is -2.09. The molecule has 0 spiro atoms. The summed E-state index contributed by atoms with van der Waals surface area (Å²) in [7, 11) is 0. The molecule has 1 heterocycles. The highest BCUT2D eigenvalue weighted by Gasteiger charge is 2.18. The van der Waals surface area contributed by atoms with Gasteiger partial charge in [0.25, 0.3) is 0 Å². The lowest BCUT2D eigenvalue weighted by Gasteiger charge is -2.04. The number of carbonyl (C=O) groups is 1. The Labute approximate surface area is 122 Å². The van der Waals surface area contributed by atoms with E-state index in [1.165, 1.54) is 18.6 Å². The fraction of sp³-hybridized carbons (Fsp3) is 0.231. The van der Waals surface area contributed by atoms with Crippen molar-refractivity contribution in [2.24, 2.45) is 5.73 Å². The minimum atomic E-state index is -0.764. The van der Waals surface area contributed by atoms with E-state index < -0.39 is 17.4 Å². The molecule has 0 bridgehead atoms. The van der Waals surface area contributed by atoms with Crippen molar-refractivity contribution in [2.75, 3.05) is 6.54 Å². The maximum Gasteiger partial charge on any atom is 0.187 e. The molecule has 20 heavy (non-hydrogen) atoms. The van der Waals surface area contributed by atoms with Gasteiger partial charge in [-0.2, -0.15) is 0 Å². The third-order valence-electron chi connectivity index (χ3n) is 2.78. The molecule has 0 aliphatic heterocycles. The molecule has 7 heteroatoms. The molecule has 0 fully saturated rings. The highest BCUT2D eigenvalue weighted by atomic mass is 79.9. The normalized spacial score (nSPS) is 10.8. The second kappa shape index (κ2) is 6.23. The smallest absolute Gasteiger partial charge is 0.187 e. The molecule has 0 aliphatic rings. The van der Waals surface area contributed by atoms with Gasteiger partial charge < -0.3 is 10.3 Å². The number of aromatic nitrogens is 2. The Morgan fingerprint density at radius 1 is 1.40 bits per heavy atom. The van der Waals surface area contributed by atoms with Crippen LogP contribution in [0.5, 0.6) is 0 Å². The molecule has 1 aromatic heterocycles. The van der Waals surface area contributed by atoms with Crippen LogP contribution in [0.4, 0.5) is 8.78 Å². The minimum Gasteiger partial charge on any atom is -0.335 e. The number of halogens is 3. The number of hydrogen-bond acceptors (Lipinski definition) is 3. The fourth-order valence-corrected chi connectivity index (χ4v) is 2.13. The quantitative estimate of drug-likeness (QED) is 0.669. The summed E-state index contributed by atoms with van der Waals surface area (Å²) in [6.45, 7) is 0.943. The van der Waals surface area contributed by atoms with Gasteiger partial charge in [-0.25, -0.2) is 13.8 Å². The predicted octanol–water partition coefficient (Wildman–Crippen LogP) is 2.31. The van der Waals surface area contributed by atoms with Crippen molar-refractivity contribution in [3.8, 4) is 0 Å². The van der Waals surface area contributed by atoms with Gasteiger partial charge in [0, 0.05) is 31.3 Å². The van der Waals surface area contributed by atoms with Gasteiger partial charge in [0.15, 0.2) is 5.78 Å². The maximum atomic E-state index is 13.8. The zero-order valence-corrected chi connectivity index (χ0v) is 12.0. The van der Waals surface area contributed by atoms with Crippen molar-refractivity contribution in [1.29, 1.82) is 0 Å². The summed E-state index contributed by atoms with van der Waals surface area (Å²) in [5.74, 6) is -1.96. The van der Waals surface area contributed by atoms with Crippen LogP contribution in [0.2, 0.25) is 0 Å². The van der Waals surface area contributed by atoms with Crippen LogP contribution in [0.1, 0.15) is 16.1 Å². The highest BCUT2D eigenvalue weighted by Crippen LogP contribution is 2.22. The van der Waals surface area contributed by atoms with Gasteiger partial charge in [-0.3, -0.25) is 4.79 Å². The van der Waals surface area contributed by atoms with Crippen LogP contribution >= 0.6 is 15.9 Å². The number of hydrogen-bond donors (Lipinski definition) is 1. The van der Waals surface area contributed by atoms with Crippen molar-refractivity contribution >= 4 is 21.7 Å². The van der Waals surface area contributed by atoms with Crippen molar-refractivity contribution in [2.45, 2.75) is 13.0 Å². The van der Waals surface area contributed by atoms with Crippen molar-refractivity contribution in [3.63, 3.8) is 0 Å². The third kappa shape index (κ3) is 3.10. The number of nitrogens with zero attached hydrogens (tertiary/aromatic N) is 2. The van der Waals surface area contributed by atoms with Gasteiger partial charge >= 0.3 is 0 Å². The number of Topliss-reactive ketones (excluding diaryl/α,β-unsaturated/α-hetero) is 1. The highest BCUT2D eigenvalue weighted by molar-refractivity contribution is 9.10. The summed E-state index contributed by atoms with van der Waals surface area (Å²) in [6.07, 6.45) is 2.60. The largest absolute Gasteiger partial charge is 0.335 e. The first-order valence-corrected chi connectivity index (χ1v) is 6.69. The predicted molar refractivity (Wildman–Crippen MR) is 73.4 cm³/mol. The summed E-state index contributed by atoms with van der Waals surface area (Å²) in [4.78, 5) is 15.9. The first kappa shape index (κ1) is 14.8. The number of imidazole rings is 1. The molecule has 2 aromatic rings. The Morgan fingerprint density at radius 2 is 2.15 bits per heavy atom. The van der Waals surface area contributed by atoms with Crippen molar-refractivity contribution in [3.05, 3.63) is 52.0 Å². The van der Waals surface area contributed by atoms with E-state index in [1.54, 1.807) is 4.57 Å². The monoisotopic (exact) mass is 343 g/mol. The fourth-order valence-electron chi connectivity index (χ4n) is 1.76. The first-order chi connectivity index (χ1) is 9.52. The Hall–Kier alpha value is -1.60. The second-order valence-corrected chi connectivity index (χ2v) is 5.06. The molecule has 0 unspecified atom stereocenters. The van der Waals surface area contributed by atoms with Crippen LogP contribution in [0.25, 0.3) is 0 Å². The number of carbonyl (C=O) groups excluding carboxylic acids is 1. The molecule has 0 saturated carbocycles. The van der Waals surface area contributed by atoms with Gasteiger partial charge in [0.1, 0.15) is 17.3 Å². The summed E-state index contributed by atoms with van der Waals surface area (Å²) < 4.78 is 29.1. The molecule has 4 nitrogen and oxygen atoms in total. The SMILES string of the molecule is NCCn1cnc(C(=O)Cc2c(F)ccc(Br)c2F)c1. The summed E-state index contributed by atoms with van der Waals surface area (Å²) in [5, 5.41) is 0. The molecular formula is C13H12BrF2N3O. The van der Waals surface area contributed by atoms with E-state index in [4.69, 9.17) is 5.73 Å². The van der Waals surface area contributed by atoms with Crippen LogP contribution in [0.15, 0.2) is 29.1 Å². The van der Waals surface area contributed by atoms with E-state index in [2.05, 4.69) is 20.9 Å². The molecule has 1 aromatic carbocycles. The zero-order chi connectivity index (χ0) is 14.7. The van der Waals surface area contributed by atoms with Gasteiger partial charge in [-0.1, -0.05) is 0 Å². The number of rotatable bonds is 5. The minimum absolute atomic E-state index is 0.121. The van der Waals surface area contributed by atoms with E-state index in [9.17, 15) is 13.6 Å². The molecule has 0 amide bonds. The van der Waals surface area contributed by atoms with Crippen molar-refractivity contribution < 1.29 is 13.6 Å².